The monoisotopic (exact) mass is 440 g/mol. The standard InChI is InChI=1S/C26H24N4OS/c1-3-18-30-24(21-12-8-5-9-13-21)28-29-26(30)32-23(20-10-6-4-7-11-20)25(31)27-22-16-14-19(2)15-17-22/h3-17,23H,1,18H2,2H3,(H,27,31)/t23-/m0/s1. The number of benzene rings is 3. The van der Waals surface area contributed by atoms with Crippen molar-refractivity contribution < 1.29 is 4.79 Å². The van der Waals surface area contributed by atoms with Crippen LogP contribution in [0.4, 0.5) is 5.69 Å². The molecule has 0 spiro atoms. The van der Waals surface area contributed by atoms with Gasteiger partial charge in [0.1, 0.15) is 5.25 Å². The first kappa shape index (κ1) is 21.6. The van der Waals surface area contributed by atoms with Gasteiger partial charge in [-0.1, -0.05) is 96.2 Å². The van der Waals surface area contributed by atoms with Gasteiger partial charge in [-0.3, -0.25) is 9.36 Å². The third-order valence-electron chi connectivity index (χ3n) is 4.94. The molecule has 4 aromatic rings. The number of amides is 1. The summed E-state index contributed by atoms with van der Waals surface area (Å²) in [4.78, 5) is 13.3. The fourth-order valence-electron chi connectivity index (χ4n) is 3.32. The molecule has 0 aliphatic carbocycles. The first-order valence-electron chi connectivity index (χ1n) is 10.3. The van der Waals surface area contributed by atoms with Gasteiger partial charge in [0.2, 0.25) is 5.91 Å². The lowest BCUT2D eigenvalue weighted by molar-refractivity contribution is -0.115. The van der Waals surface area contributed by atoms with Crippen LogP contribution < -0.4 is 5.32 Å². The van der Waals surface area contributed by atoms with E-state index in [0.717, 1.165) is 28.2 Å². The van der Waals surface area contributed by atoms with Gasteiger partial charge in [0.05, 0.1) is 0 Å². The van der Waals surface area contributed by atoms with Crippen molar-refractivity contribution in [2.75, 3.05) is 5.32 Å². The highest BCUT2D eigenvalue weighted by molar-refractivity contribution is 8.00. The second-order valence-corrected chi connectivity index (χ2v) is 8.41. The molecule has 1 aromatic heterocycles. The molecule has 1 heterocycles. The summed E-state index contributed by atoms with van der Waals surface area (Å²) in [5.74, 6) is 0.637. The summed E-state index contributed by atoms with van der Waals surface area (Å²) in [6, 6.07) is 27.4. The maximum absolute atomic E-state index is 13.3. The number of nitrogens with zero attached hydrogens (tertiary/aromatic N) is 3. The number of hydrogen-bond donors (Lipinski definition) is 1. The lowest BCUT2D eigenvalue weighted by Gasteiger charge is -2.17. The van der Waals surface area contributed by atoms with E-state index in [1.54, 1.807) is 0 Å². The van der Waals surface area contributed by atoms with E-state index in [-0.39, 0.29) is 5.91 Å². The van der Waals surface area contributed by atoms with Crippen molar-refractivity contribution in [3.8, 4) is 11.4 Å². The van der Waals surface area contributed by atoms with Crippen LogP contribution in [0.1, 0.15) is 16.4 Å². The maximum Gasteiger partial charge on any atom is 0.242 e. The van der Waals surface area contributed by atoms with Crippen molar-refractivity contribution in [2.24, 2.45) is 0 Å². The largest absolute Gasteiger partial charge is 0.325 e. The number of thioether (sulfide) groups is 1. The van der Waals surface area contributed by atoms with Crippen LogP contribution in [0.3, 0.4) is 0 Å². The average molecular weight is 441 g/mol. The smallest absolute Gasteiger partial charge is 0.242 e. The second-order valence-electron chi connectivity index (χ2n) is 7.34. The molecule has 0 radical (unpaired) electrons. The molecule has 0 aliphatic heterocycles. The van der Waals surface area contributed by atoms with Gasteiger partial charge in [0.25, 0.3) is 0 Å². The summed E-state index contributed by atoms with van der Waals surface area (Å²) >= 11 is 1.38. The van der Waals surface area contributed by atoms with E-state index in [0.29, 0.717) is 11.7 Å². The average Bonchev–Trinajstić information content (AvgIpc) is 3.22. The van der Waals surface area contributed by atoms with E-state index in [2.05, 4.69) is 22.1 Å². The minimum Gasteiger partial charge on any atom is -0.325 e. The molecule has 1 amide bonds. The van der Waals surface area contributed by atoms with E-state index in [4.69, 9.17) is 0 Å². The Morgan fingerprint density at radius 3 is 2.31 bits per heavy atom. The number of anilines is 1. The van der Waals surface area contributed by atoms with Gasteiger partial charge >= 0.3 is 0 Å². The van der Waals surface area contributed by atoms with Crippen molar-refractivity contribution in [3.05, 3.63) is 109 Å². The number of aromatic nitrogens is 3. The summed E-state index contributed by atoms with van der Waals surface area (Å²) in [6.07, 6.45) is 1.81. The Morgan fingerprint density at radius 2 is 1.66 bits per heavy atom. The summed E-state index contributed by atoms with van der Waals surface area (Å²) in [5, 5.41) is 12.1. The predicted molar refractivity (Wildman–Crippen MR) is 131 cm³/mol. The van der Waals surface area contributed by atoms with Crippen LogP contribution in [0.2, 0.25) is 0 Å². The van der Waals surface area contributed by atoms with Crippen LogP contribution in [-0.2, 0) is 11.3 Å². The summed E-state index contributed by atoms with van der Waals surface area (Å²) < 4.78 is 1.99. The molecule has 3 aromatic carbocycles. The predicted octanol–water partition coefficient (Wildman–Crippen LogP) is 5.91. The molecule has 0 bridgehead atoms. The molecule has 0 saturated heterocycles. The number of rotatable bonds is 8. The van der Waals surface area contributed by atoms with Crippen LogP contribution in [0.25, 0.3) is 11.4 Å². The number of hydrogen-bond acceptors (Lipinski definition) is 4. The lowest BCUT2D eigenvalue weighted by Crippen LogP contribution is -2.19. The van der Waals surface area contributed by atoms with Gasteiger partial charge in [-0.15, -0.1) is 16.8 Å². The number of allylic oxidation sites excluding steroid dienone is 1. The maximum atomic E-state index is 13.3. The van der Waals surface area contributed by atoms with Crippen molar-refractivity contribution in [3.63, 3.8) is 0 Å². The van der Waals surface area contributed by atoms with E-state index >= 15 is 0 Å². The van der Waals surface area contributed by atoms with E-state index in [9.17, 15) is 4.79 Å². The minimum absolute atomic E-state index is 0.112. The van der Waals surface area contributed by atoms with Crippen molar-refractivity contribution in [2.45, 2.75) is 23.9 Å². The fraction of sp³-hybridized carbons (Fsp3) is 0.115. The van der Waals surface area contributed by atoms with Gasteiger partial charge in [0, 0.05) is 17.8 Å². The quantitative estimate of drug-likeness (QED) is 0.273. The molecule has 0 saturated carbocycles. The highest BCUT2D eigenvalue weighted by atomic mass is 32.2. The number of nitrogens with one attached hydrogen (secondary N) is 1. The third kappa shape index (κ3) is 4.98. The Hall–Kier alpha value is -3.64. The van der Waals surface area contributed by atoms with Gasteiger partial charge in [-0.2, -0.15) is 0 Å². The van der Waals surface area contributed by atoms with Crippen molar-refractivity contribution >= 4 is 23.4 Å². The zero-order valence-corrected chi connectivity index (χ0v) is 18.6. The SMILES string of the molecule is C=CCn1c(S[C@H](C(=O)Nc2ccc(C)cc2)c2ccccc2)nnc1-c1ccccc1. The first-order valence-corrected chi connectivity index (χ1v) is 11.2. The Labute approximate surface area is 192 Å². The molecule has 0 aliphatic rings. The highest BCUT2D eigenvalue weighted by Gasteiger charge is 2.26. The summed E-state index contributed by atoms with van der Waals surface area (Å²) in [6.45, 7) is 6.44. The fourth-order valence-corrected chi connectivity index (χ4v) is 4.37. The van der Waals surface area contributed by atoms with Gasteiger partial charge in [0.15, 0.2) is 11.0 Å². The van der Waals surface area contributed by atoms with E-state index < -0.39 is 5.25 Å². The second kappa shape index (κ2) is 10.1. The lowest BCUT2D eigenvalue weighted by atomic mass is 10.1. The molecule has 6 heteroatoms. The molecule has 1 N–H and O–H groups in total. The number of carbonyl (C=O) groups excluding carboxylic acids is 1. The topological polar surface area (TPSA) is 59.8 Å². The molecule has 0 unspecified atom stereocenters. The van der Waals surface area contributed by atoms with E-state index in [1.807, 2.05) is 102 Å². The van der Waals surface area contributed by atoms with Gasteiger partial charge < -0.3 is 5.32 Å². The molecule has 0 fully saturated rings. The molecule has 32 heavy (non-hydrogen) atoms. The van der Waals surface area contributed by atoms with Crippen LogP contribution >= 0.6 is 11.8 Å². The normalized spacial score (nSPS) is 11.7. The van der Waals surface area contributed by atoms with Gasteiger partial charge in [-0.05, 0) is 24.6 Å². The van der Waals surface area contributed by atoms with Crippen LogP contribution in [-0.4, -0.2) is 20.7 Å². The number of carbonyl (C=O) groups is 1. The third-order valence-corrected chi connectivity index (χ3v) is 6.18. The Bertz CT molecular complexity index is 1190. The Balaban J connectivity index is 1.67. The minimum atomic E-state index is -0.492. The van der Waals surface area contributed by atoms with E-state index in [1.165, 1.54) is 11.8 Å². The highest BCUT2D eigenvalue weighted by Crippen LogP contribution is 2.37. The molecule has 160 valence electrons. The molecule has 1 atom stereocenters. The molecule has 5 nitrogen and oxygen atoms in total. The molecular weight excluding hydrogens is 416 g/mol. The number of aryl methyl sites for hydroxylation is 1. The zero-order valence-electron chi connectivity index (χ0n) is 17.8. The van der Waals surface area contributed by atoms with Gasteiger partial charge in [-0.25, -0.2) is 0 Å². The first-order chi connectivity index (χ1) is 15.7. The molecular formula is C26H24N4OS. The Morgan fingerprint density at radius 1 is 1.00 bits per heavy atom. The zero-order chi connectivity index (χ0) is 22.3. The van der Waals surface area contributed by atoms with Crippen molar-refractivity contribution in [1.82, 2.24) is 14.8 Å². The van der Waals surface area contributed by atoms with Crippen molar-refractivity contribution in [1.29, 1.82) is 0 Å². The van der Waals surface area contributed by atoms with Crippen LogP contribution in [0.15, 0.2) is 103 Å². The van der Waals surface area contributed by atoms with Crippen LogP contribution in [0.5, 0.6) is 0 Å². The van der Waals surface area contributed by atoms with Crippen LogP contribution in [0, 0.1) is 6.92 Å². The summed E-state index contributed by atoms with van der Waals surface area (Å²) in [7, 11) is 0. The summed E-state index contributed by atoms with van der Waals surface area (Å²) in [5.41, 5.74) is 3.77. The molecule has 4 rings (SSSR count). The Kier molecular flexibility index (Phi) is 6.82.